The summed E-state index contributed by atoms with van der Waals surface area (Å²) in [4.78, 5) is 28.9. The van der Waals surface area contributed by atoms with Crippen molar-refractivity contribution in [3.63, 3.8) is 0 Å². The summed E-state index contributed by atoms with van der Waals surface area (Å²) in [6, 6.07) is 16.6. The number of carbonyl (C=O) groups is 1. The molecule has 0 atom stereocenters. The molecule has 0 spiro atoms. The fourth-order valence-electron chi connectivity index (χ4n) is 2.89. The van der Waals surface area contributed by atoms with Crippen molar-refractivity contribution >= 4 is 17.9 Å². The lowest BCUT2D eigenvalue weighted by Crippen LogP contribution is -2.19. The number of esters is 1. The maximum atomic E-state index is 12.9. The molecule has 0 saturated heterocycles. The molecule has 7 heteroatoms. The van der Waals surface area contributed by atoms with E-state index in [1.54, 1.807) is 40.7 Å². The highest BCUT2D eigenvalue weighted by Gasteiger charge is 2.15. The van der Waals surface area contributed by atoms with E-state index in [0.717, 1.165) is 11.4 Å². The molecule has 2 aromatic carbocycles. The first-order valence-electron chi connectivity index (χ1n) is 9.28. The molecule has 0 bridgehead atoms. The highest BCUT2D eigenvalue weighted by atomic mass is 16.6. The molecule has 0 saturated carbocycles. The first-order chi connectivity index (χ1) is 14.0. The molecule has 7 nitrogen and oxygen atoms in total. The van der Waals surface area contributed by atoms with E-state index in [4.69, 9.17) is 9.47 Å². The Morgan fingerprint density at radius 1 is 1.10 bits per heavy atom. The predicted molar refractivity (Wildman–Crippen MR) is 112 cm³/mol. The van der Waals surface area contributed by atoms with Gasteiger partial charge in [0.15, 0.2) is 12.3 Å². The van der Waals surface area contributed by atoms with Crippen molar-refractivity contribution in [3.05, 3.63) is 76.2 Å². The topological polar surface area (TPSA) is 74.8 Å². The molecule has 3 rings (SSSR count). The lowest BCUT2D eigenvalue weighted by molar-refractivity contribution is -0.145. The van der Waals surface area contributed by atoms with Crippen LogP contribution in [-0.4, -0.2) is 34.8 Å². The fraction of sp³-hybridized carbons (Fsp3) is 0.227. The molecule has 0 amide bonds. The van der Waals surface area contributed by atoms with Crippen molar-refractivity contribution in [3.8, 4) is 11.4 Å². The zero-order valence-electron chi connectivity index (χ0n) is 16.7. The van der Waals surface area contributed by atoms with Crippen LogP contribution in [0.2, 0.25) is 0 Å². The molecule has 1 heterocycles. The van der Waals surface area contributed by atoms with Crippen LogP contribution in [0.15, 0.2) is 64.4 Å². The van der Waals surface area contributed by atoms with Crippen LogP contribution in [0.25, 0.3) is 5.69 Å². The number of aliphatic imine (C=N–C) groups is 1. The van der Waals surface area contributed by atoms with E-state index in [-0.39, 0.29) is 12.2 Å². The van der Waals surface area contributed by atoms with Gasteiger partial charge in [-0.1, -0.05) is 30.3 Å². The summed E-state index contributed by atoms with van der Waals surface area (Å²) in [5, 5.41) is 0. The molecule has 0 radical (unpaired) electrons. The first kappa shape index (κ1) is 20.1. The lowest BCUT2D eigenvalue weighted by atomic mass is 10.2. The number of benzene rings is 2. The van der Waals surface area contributed by atoms with Crippen molar-refractivity contribution in [1.82, 2.24) is 9.36 Å². The van der Waals surface area contributed by atoms with Crippen LogP contribution in [0, 0.1) is 6.92 Å². The minimum absolute atomic E-state index is 0.191. The molecular weight excluding hydrogens is 370 g/mol. The fourth-order valence-corrected chi connectivity index (χ4v) is 2.89. The lowest BCUT2D eigenvalue weighted by Gasteiger charge is -2.08. The molecule has 1 aromatic heterocycles. The molecule has 0 fully saturated rings. The van der Waals surface area contributed by atoms with Gasteiger partial charge in [0, 0.05) is 18.8 Å². The Morgan fingerprint density at radius 3 is 2.52 bits per heavy atom. The summed E-state index contributed by atoms with van der Waals surface area (Å²) >= 11 is 0. The van der Waals surface area contributed by atoms with Crippen LogP contribution >= 0.6 is 0 Å². The highest BCUT2D eigenvalue weighted by molar-refractivity contribution is 5.85. The maximum Gasteiger partial charge on any atom is 0.344 e. The summed E-state index contributed by atoms with van der Waals surface area (Å²) < 4.78 is 13.8. The second kappa shape index (κ2) is 9.05. The van der Waals surface area contributed by atoms with Crippen LogP contribution in [0.5, 0.6) is 5.75 Å². The predicted octanol–water partition coefficient (Wildman–Crippen LogP) is 3.18. The molecular formula is C22H23N3O4. The minimum Gasteiger partial charge on any atom is -0.481 e. The third-order valence-electron chi connectivity index (χ3n) is 4.43. The average Bonchev–Trinajstić information content (AvgIpc) is 2.94. The monoisotopic (exact) mass is 393 g/mol. The summed E-state index contributed by atoms with van der Waals surface area (Å²) in [6.07, 6.45) is 1.57. The number of hydrogen-bond acceptors (Lipinski definition) is 5. The highest BCUT2D eigenvalue weighted by Crippen LogP contribution is 2.20. The number of aromatic nitrogens is 2. The van der Waals surface area contributed by atoms with Gasteiger partial charge in [-0.2, -0.15) is 0 Å². The number of carbonyl (C=O) groups excluding carboxylic acids is 1. The number of ether oxygens (including phenoxy) is 2. The van der Waals surface area contributed by atoms with Gasteiger partial charge in [0.2, 0.25) is 0 Å². The van der Waals surface area contributed by atoms with E-state index in [1.165, 1.54) is 0 Å². The Balaban J connectivity index is 1.90. The molecule has 29 heavy (non-hydrogen) atoms. The van der Waals surface area contributed by atoms with Crippen LogP contribution in [-0.2, 0) is 16.6 Å². The molecule has 0 N–H and O–H groups in total. The van der Waals surface area contributed by atoms with E-state index in [2.05, 4.69) is 4.99 Å². The summed E-state index contributed by atoms with van der Waals surface area (Å²) in [7, 11) is 1.82. The molecule has 3 aromatic rings. The van der Waals surface area contributed by atoms with Crippen molar-refractivity contribution < 1.29 is 14.3 Å². The second-order valence-corrected chi connectivity index (χ2v) is 6.30. The van der Waals surface area contributed by atoms with Crippen molar-refractivity contribution in [2.45, 2.75) is 13.8 Å². The Kier molecular flexibility index (Phi) is 6.29. The summed E-state index contributed by atoms with van der Waals surface area (Å²) in [5.74, 6) is 0.0464. The Bertz CT molecular complexity index is 1080. The standard InChI is InChI=1S/C22H23N3O4/c1-4-28-20(26)15-29-19-13-9-8-10-17(19)14-23-21-16(2)24(3)25(22(21)27)18-11-6-5-7-12-18/h5-14H,4,15H2,1-3H3. The van der Waals surface area contributed by atoms with Gasteiger partial charge >= 0.3 is 5.97 Å². The van der Waals surface area contributed by atoms with E-state index >= 15 is 0 Å². The van der Waals surface area contributed by atoms with Crippen molar-refractivity contribution in [2.75, 3.05) is 13.2 Å². The van der Waals surface area contributed by atoms with Gasteiger partial charge in [0.1, 0.15) is 5.75 Å². The van der Waals surface area contributed by atoms with Gasteiger partial charge in [-0.25, -0.2) is 14.5 Å². The molecule has 0 aliphatic carbocycles. The number of hydrogen-bond donors (Lipinski definition) is 0. The minimum atomic E-state index is -0.441. The summed E-state index contributed by atoms with van der Waals surface area (Å²) in [5.41, 5.74) is 2.29. The quantitative estimate of drug-likeness (QED) is 0.456. The zero-order chi connectivity index (χ0) is 20.8. The van der Waals surface area contributed by atoms with Crippen LogP contribution in [0.3, 0.4) is 0 Å². The van der Waals surface area contributed by atoms with Gasteiger partial charge in [-0.3, -0.25) is 9.48 Å². The molecule has 0 unspecified atom stereocenters. The Morgan fingerprint density at radius 2 is 1.79 bits per heavy atom. The van der Waals surface area contributed by atoms with Crippen LogP contribution in [0.4, 0.5) is 5.69 Å². The average molecular weight is 393 g/mol. The first-order valence-corrected chi connectivity index (χ1v) is 9.28. The largest absolute Gasteiger partial charge is 0.481 e. The van der Waals surface area contributed by atoms with Gasteiger partial charge in [0.05, 0.1) is 18.0 Å². The normalized spacial score (nSPS) is 11.0. The van der Waals surface area contributed by atoms with Crippen LogP contribution in [0.1, 0.15) is 18.2 Å². The Hall–Kier alpha value is -3.61. The number of para-hydroxylation sites is 2. The molecule has 0 aliphatic rings. The molecule has 0 aliphatic heterocycles. The number of nitrogens with zero attached hydrogens (tertiary/aromatic N) is 3. The van der Waals surface area contributed by atoms with E-state index in [0.29, 0.717) is 23.6 Å². The maximum absolute atomic E-state index is 12.9. The van der Waals surface area contributed by atoms with Crippen LogP contribution < -0.4 is 10.3 Å². The second-order valence-electron chi connectivity index (χ2n) is 6.30. The van der Waals surface area contributed by atoms with E-state index in [9.17, 15) is 9.59 Å². The summed E-state index contributed by atoms with van der Waals surface area (Å²) in [6.45, 7) is 3.69. The Labute approximate surface area is 168 Å². The van der Waals surface area contributed by atoms with E-state index < -0.39 is 5.97 Å². The van der Waals surface area contributed by atoms with Crippen molar-refractivity contribution in [1.29, 1.82) is 0 Å². The van der Waals surface area contributed by atoms with Gasteiger partial charge in [-0.15, -0.1) is 0 Å². The third-order valence-corrected chi connectivity index (χ3v) is 4.43. The third kappa shape index (κ3) is 4.45. The smallest absolute Gasteiger partial charge is 0.344 e. The molecule has 150 valence electrons. The van der Waals surface area contributed by atoms with Gasteiger partial charge in [0.25, 0.3) is 5.56 Å². The van der Waals surface area contributed by atoms with E-state index in [1.807, 2.05) is 50.4 Å². The van der Waals surface area contributed by atoms with Crippen molar-refractivity contribution in [2.24, 2.45) is 12.0 Å². The number of rotatable bonds is 7. The van der Waals surface area contributed by atoms with Gasteiger partial charge < -0.3 is 9.47 Å². The SMILES string of the molecule is CCOC(=O)COc1ccccc1C=Nc1c(C)n(C)n(-c2ccccc2)c1=O. The zero-order valence-corrected chi connectivity index (χ0v) is 16.7. The van der Waals surface area contributed by atoms with Gasteiger partial charge in [-0.05, 0) is 38.1 Å².